The van der Waals surface area contributed by atoms with E-state index in [0.717, 1.165) is 22.3 Å². The van der Waals surface area contributed by atoms with Crippen LogP contribution in [0.25, 0.3) is 66.4 Å². The number of hydrogen-bond acceptors (Lipinski definition) is 4. The molecule has 8 aromatic carbocycles. The van der Waals surface area contributed by atoms with E-state index < -0.39 is 5.41 Å². The van der Waals surface area contributed by atoms with E-state index in [1.807, 2.05) is 0 Å². The molecule has 2 unspecified atom stereocenters. The third-order valence-electron chi connectivity index (χ3n) is 11.5. The SMILES string of the molecule is NC1OC1c1cccc(-c2cc3c(c4ccccc24)-c2c(cc(-c4cccc(-c5ncco5)c4)c4ccccc24)C3(c2ccccc2)c2ccccc2)c1. The lowest BCUT2D eigenvalue weighted by Crippen LogP contribution is -2.28. The molecular formula is C50H34N2O2. The minimum Gasteiger partial charge on any atom is -0.445 e. The third kappa shape index (κ3) is 4.54. The van der Waals surface area contributed by atoms with Crippen LogP contribution in [0.3, 0.4) is 0 Å². The lowest BCUT2D eigenvalue weighted by Gasteiger charge is -2.34. The fourth-order valence-electron chi connectivity index (χ4n) is 9.13. The van der Waals surface area contributed by atoms with E-state index in [1.54, 1.807) is 12.5 Å². The Balaban J connectivity index is 1.30. The van der Waals surface area contributed by atoms with Gasteiger partial charge in [0.1, 0.15) is 18.6 Å². The van der Waals surface area contributed by atoms with Gasteiger partial charge in [0, 0.05) is 5.56 Å². The molecule has 1 saturated heterocycles. The fraction of sp³-hybridized carbons (Fsp3) is 0.0600. The van der Waals surface area contributed by atoms with Gasteiger partial charge in [-0.25, -0.2) is 4.98 Å². The van der Waals surface area contributed by atoms with Crippen molar-refractivity contribution >= 4 is 21.5 Å². The van der Waals surface area contributed by atoms with Crippen LogP contribution >= 0.6 is 0 Å². The summed E-state index contributed by atoms with van der Waals surface area (Å²) in [5.41, 5.74) is 19.7. The maximum atomic E-state index is 6.17. The first kappa shape index (κ1) is 31.0. The van der Waals surface area contributed by atoms with Crippen molar-refractivity contribution in [1.82, 2.24) is 4.98 Å². The summed E-state index contributed by atoms with van der Waals surface area (Å²) in [6.07, 6.45) is 2.99. The van der Waals surface area contributed by atoms with E-state index in [9.17, 15) is 0 Å². The van der Waals surface area contributed by atoms with Crippen LogP contribution in [0.15, 0.2) is 187 Å². The third-order valence-corrected chi connectivity index (χ3v) is 11.5. The Labute approximate surface area is 313 Å². The van der Waals surface area contributed by atoms with E-state index in [2.05, 4.69) is 175 Å². The van der Waals surface area contributed by atoms with Crippen LogP contribution in [-0.2, 0) is 10.2 Å². The molecule has 0 radical (unpaired) electrons. The molecule has 0 saturated carbocycles. The summed E-state index contributed by atoms with van der Waals surface area (Å²) >= 11 is 0. The van der Waals surface area contributed by atoms with Crippen molar-refractivity contribution in [2.75, 3.05) is 0 Å². The number of fused-ring (bicyclic) bond motifs is 7. The molecule has 4 heteroatoms. The van der Waals surface area contributed by atoms with Crippen molar-refractivity contribution < 1.29 is 9.15 Å². The lowest BCUT2D eigenvalue weighted by molar-refractivity contribution is 0.377. The normalized spacial score (nSPS) is 16.7. The smallest absolute Gasteiger partial charge is 0.225 e. The lowest BCUT2D eigenvalue weighted by atomic mass is 9.66. The summed E-state index contributed by atoms with van der Waals surface area (Å²) in [7, 11) is 0. The van der Waals surface area contributed by atoms with E-state index >= 15 is 0 Å². The molecule has 2 aliphatic rings. The number of ether oxygens (including phenoxy) is 1. The number of aromatic nitrogens is 1. The van der Waals surface area contributed by atoms with Gasteiger partial charge in [0.25, 0.3) is 0 Å². The molecule has 1 aromatic heterocycles. The average Bonchev–Trinajstić information content (AvgIpc) is 3.59. The predicted molar refractivity (Wildman–Crippen MR) is 217 cm³/mol. The second-order valence-corrected chi connectivity index (χ2v) is 14.3. The number of nitrogens with zero attached hydrogens (tertiary/aromatic N) is 1. The van der Waals surface area contributed by atoms with Crippen molar-refractivity contribution in [3.05, 3.63) is 210 Å². The molecule has 2 heterocycles. The molecule has 4 nitrogen and oxygen atoms in total. The Hall–Kier alpha value is -6.59. The second-order valence-electron chi connectivity index (χ2n) is 14.3. The van der Waals surface area contributed by atoms with E-state index in [1.165, 1.54) is 66.1 Å². The maximum Gasteiger partial charge on any atom is 0.225 e. The largest absolute Gasteiger partial charge is 0.445 e. The minimum atomic E-state index is -0.634. The summed E-state index contributed by atoms with van der Waals surface area (Å²) in [5, 5.41) is 4.87. The molecule has 54 heavy (non-hydrogen) atoms. The number of nitrogens with two attached hydrogens (primary N) is 1. The Morgan fingerprint density at radius 2 is 1.00 bits per heavy atom. The Bertz CT molecular complexity index is 2840. The number of hydrogen-bond donors (Lipinski definition) is 1. The first-order valence-electron chi connectivity index (χ1n) is 18.5. The highest BCUT2D eigenvalue weighted by atomic mass is 16.6. The molecule has 0 amide bonds. The molecule has 2 atom stereocenters. The topological polar surface area (TPSA) is 64.6 Å². The quantitative estimate of drug-likeness (QED) is 0.176. The molecule has 0 bridgehead atoms. The molecule has 2 N–H and O–H groups in total. The summed E-state index contributed by atoms with van der Waals surface area (Å²) in [6.45, 7) is 0. The van der Waals surface area contributed by atoms with Crippen molar-refractivity contribution in [2.24, 2.45) is 5.73 Å². The van der Waals surface area contributed by atoms with E-state index in [-0.39, 0.29) is 12.3 Å². The van der Waals surface area contributed by atoms with Gasteiger partial charge in [-0.2, -0.15) is 0 Å². The van der Waals surface area contributed by atoms with Gasteiger partial charge in [0.15, 0.2) is 0 Å². The highest BCUT2D eigenvalue weighted by molar-refractivity contribution is 6.17. The fourth-order valence-corrected chi connectivity index (χ4v) is 9.13. The highest BCUT2D eigenvalue weighted by Crippen LogP contribution is 2.61. The van der Waals surface area contributed by atoms with Gasteiger partial charge < -0.3 is 14.9 Å². The second kappa shape index (κ2) is 12.0. The van der Waals surface area contributed by atoms with Gasteiger partial charge in [-0.1, -0.05) is 140 Å². The van der Waals surface area contributed by atoms with Gasteiger partial charge in [0.2, 0.25) is 5.89 Å². The number of rotatable bonds is 6. The zero-order chi connectivity index (χ0) is 35.8. The van der Waals surface area contributed by atoms with Crippen LogP contribution in [0.4, 0.5) is 0 Å². The summed E-state index contributed by atoms with van der Waals surface area (Å²) in [5.74, 6) is 0.607. The summed E-state index contributed by atoms with van der Waals surface area (Å²) in [6, 6.07) is 62.1. The Kier molecular flexibility index (Phi) is 6.87. The summed E-state index contributed by atoms with van der Waals surface area (Å²) < 4.78 is 11.5. The molecule has 256 valence electrons. The first-order valence-corrected chi connectivity index (χ1v) is 18.5. The molecule has 9 aromatic rings. The standard InChI is InChI=1S/C50H34N2O2/c51-48-47(54-48)33-15-11-13-31(27-33)41-29-43-45(39-23-9-7-21-37(39)41)46-40-24-10-8-22-38(40)42(32-14-12-16-34(28-32)49-52-25-26-53-49)30-44(46)50(43,35-17-3-1-4-18-35)36-19-5-2-6-20-36/h1-30,47-48H,51H2. The molecular weight excluding hydrogens is 661 g/mol. The number of oxazole rings is 1. The minimum absolute atomic E-state index is 0.0746. The number of epoxide rings is 1. The van der Waals surface area contributed by atoms with Crippen LogP contribution in [-0.4, -0.2) is 11.2 Å². The maximum absolute atomic E-state index is 6.17. The van der Waals surface area contributed by atoms with Gasteiger partial charge >= 0.3 is 0 Å². The molecule has 0 spiro atoms. The average molecular weight is 695 g/mol. The molecule has 11 rings (SSSR count). The van der Waals surface area contributed by atoms with Crippen molar-refractivity contribution in [2.45, 2.75) is 17.7 Å². The van der Waals surface area contributed by atoms with Crippen LogP contribution in [0.1, 0.15) is 33.9 Å². The Morgan fingerprint density at radius 3 is 1.54 bits per heavy atom. The zero-order valence-corrected chi connectivity index (χ0v) is 29.3. The van der Waals surface area contributed by atoms with Crippen LogP contribution < -0.4 is 5.73 Å². The zero-order valence-electron chi connectivity index (χ0n) is 29.3. The van der Waals surface area contributed by atoms with Gasteiger partial charge in [-0.15, -0.1) is 0 Å². The van der Waals surface area contributed by atoms with Crippen molar-refractivity contribution in [1.29, 1.82) is 0 Å². The van der Waals surface area contributed by atoms with E-state index in [4.69, 9.17) is 14.9 Å². The molecule has 1 aliphatic heterocycles. The van der Waals surface area contributed by atoms with Crippen LogP contribution in [0.2, 0.25) is 0 Å². The highest BCUT2D eigenvalue weighted by Gasteiger charge is 2.48. The molecule has 1 aliphatic carbocycles. The Morgan fingerprint density at radius 1 is 0.500 bits per heavy atom. The van der Waals surface area contributed by atoms with Crippen molar-refractivity contribution in [3.63, 3.8) is 0 Å². The van der Waals surface area contributed by atoms with Gasteiger partial charge in [-0.05, 0) is 113 Å². The van der Waals surface area contributed by atoms with Crippen LogP contribution in [0.5, 0.6) is 0 Å². The predicted octanol–water partition coefficient (Wildman–Crippen LogP) is 11.7. The first-order chi connectivity index (χ1) is 26.7. The van der Waals surface area contributed by atoms with Gasteiger partial charge in [-0.3, -0.25) is 0 Å². The van der Waals surface area contributed by atoms with Crippen LogP contribution in [0, 0.1) is 0 Å². The summed E-state index contributed by atoms with van der Waals surface area (Å²) in [4.78, 5) is 4.48. The van der Waals surface area contributed by atoms with Gasteiger partial charge in [0.05, 0.1) is 11.6 Å². The van der Waals surface area contributed by atoms with Crippen molar-refractivity contribution in [3.8, 4) is 44.8 Å². The monoisotopic (exact) mass is 694 g/mol. The van der Waals surface area contributed by atoms with E-state index in [0.29, 0.717) is 5.89 Å². The number of benzene rings is 8. The molecule has 1 fully saturated rings.